The molecule has 15 heavy (non-hydrogen) atoms. The highest BCUT2D eigenvalue weighted by atomic mass is 16.4. The van der Waals surface area contributed by atoms with E-state index in [1.807, 2.05) is 39.8 Å². The third-order valence-electron chi connectivity index (χ3n) is 2.15. The zero-order chi connectivity index (χ0) is 12.1. The molecule has 4 heteroatoms. The summed E-state index contributed by atoms with van der Waals surface area (Å²) in [6.07, 6.45) is 3.26. The fourth-order valence-electron chi connectivity index (χ4n) is 1.55. The van der Waals surface area contributed by atoms with Gasteiger partial charge in [0.15, 0.2) is 0 Å². The average Bonchev–Trinajstić information content (AvgIpc) is 2.08. The molecule has 0 aliphatic heterocycles. The molecule has 4 nitrogen and oxygen atoms in total. The maximum Gasteiger partial charge on any atom is 0.408 e. The third kappa shape index (κ3) is 4.34. The lowest BCUT2D eigenvalue weighted by atomic mass is 10.0. The van der Waals surface area contributed by atoms with Crippen LogP contribution in [0.15, 0.2) is 12.2 Å². The van der Waals surface area contributed by atoms with E-state index in [0.29, 0.717) is 6.42 Å². The molecule has 0 heterocycles. The molecule has 1 amide bonds. The SMILES string of the molecule is C/C=C/C[C@@H](CO)N(C(=O)O)C(C)(C)C. The zero-order valence-corrected chi connectivity index (χ0v) is 9.90. The fourth-order valence-corrected chi connectivity index (χ4v) is 1.55. The molecular weight excluding hydrogens is 194 g/mol. The minimum Gasteiger partial charge on any atom is -0.465 e. The van der Waals surface area contributed by atoms with Gasteiger partial charge in [0, 0.05) is 5.54 Å². The van der Waals surface area contributed by atoms with Crippen LogP contribution < -0.4 is 0 Å². The number of hydrogen-bond donors (Lipinski definition) is 2. The maximum atomic E-state index is 11.1. The van der Waals surface area contributed by atoms with Gasteiger partial charge in [-0.1, -0.05) is 12.2 Å². The third-order valence-corrected chi connectivity index (χ3v) is 2.15. The first-order chi connectivity index (χ1) is 6.84. The number of amides is 1. The topological polar surface area (TPSA) is 60.8 Å². The Balaban J connectivity index is 4.79. The summed E-state index contributed by atoms with van der Waals surface area (Å²) in [5.41, 5.74) is -0.499. The number of carbonyl (C=O) groups is 1. The second-order valence-corrected chi connectivity index (χ2v) is 4.46. The first-order valence-corrected chi connectivity index (χ1v) is 5.08. The second-order valence-electron chi connectivity index (χ2n) is 4.46. The number of nitrogens with zero attached hydrogens (tertiary/aromatic N) is 1. The van der Waals surface area contributed by atoms with E-state index in [9.17, 15) is 9.90 Å². The Kier molecular flexibility index (Phi) is 5.36. The van der Waals surface area contributed by atoms with Crippen LogP contribution in [0.25, 0.3) is 0 Å². The van der Waals surface area contributed by atoms with Gasteiger partial charge in [-0.3, -0.25) is 4.90 Å². The van der Waals surface area contributed by atoms with E-state index in [1.54, 1.807) is 0 Å². The fraction of sp³-hybridized carbons (Fsp3) is 0.727. The van der Waals surface area contributed by atoms with Crippen LogP contribution in [-0.2, 0) is 0 Å². The summed E-state index contributed by atoms with van der Waals surface area (Å²) < 4.78 is 0. The van der Waals surface area contributed by atoms with Crippen molar-refractivity contribution in [2.75, 3.05) is 6.61 Å². The van der Waals surface area contributed by atoms with Crippen molar-refractivity contribution in [2.45, 2.75) is 45.7 Å². The summed E-state index contributed by atoms with van der Waals surface area (Å²) in [5.74, 6) is 0. The molecule has 0 bridgehead atoms. The Bertz CT molecular complexity index is 230. The lowest BCUT2D eigenvalue weighted by Crippen LogP contribution is -2.52. The van der Waals surface area contributed by atoms with Crippen LogP contribution >= 0.6 is 0 Å². The lowest BCUT2D eigenvalue weighted by Gasteiger charge is -2.38. The number of aliphatic hydroxyl groups excluding tert-OH is 1. The number of hydrogen-bond acceptors (Lipinski definition) is 2. The van der Waals surface area contributed by atoms with Gasteiger partial charge in [-0.2, -0.15) is 0 Å². The molecule has 0 rings (SSSR count). The Hall–Kier alpha value is -1.03. The van der Waals surface area contributed by atoms with Crippen molar-refractivity contribution in [3.63, 3.8) is 0 Å². The van der Waals surface area contributed by atoms with Crippen molar-refractivity contribution in [3.05, 3.63) is 12.2 Å². The number of rotatable bonds is 4. The van der Waals surface area contributed by atoms with Gasteiger partial charge < -0.3 is 10.2 Å². The summed E-state index contributed by atoms with van der Waals surface area (Å²) >= 11 is 0. The van der Waals surface area contributed by atoms with Crippen molar-refractivity contribution in [2.24, 2.45) is 0 Å². The first-order valence-electron chi connectivity index (χ1n) is 5.08. The predicted molar refractivity (Wildman–Crippen MR) is 59.9 cm³/mol. The van der Waals surface area contributed by atoms with Gasteiger partial charge in [0.25, 0.3) is 0 Å². The van der Waals surface area contributed by atoms with Crippen LogP contribution in [0, 0.1) is 0 Å². The molecule has 0 radical (unpaired) electrons. The largest absolute Gasteiger partial charge is 0.465 e. The van der Waals surface area contributed by atoms with E-state index in [0.717, 1.165) is 0 Å². The number of aliphatic hydroxyl groups is 1. The lowest BCUT2D eigenvalue weighted by molar-refractivity contribution is 0.0474. The minimum atomic E-state index is -0.994. The molecule has 88 valence electrons. The highest BCUT2D eigenvalue weighted by Gasteiger charge is 2.31. The maximum absolute atomic E-state index is 11.1. The molecule has 0 aliphatic rings. The van der Waals surface area contributed by atoms with Crippen molar-refractivity contribution in [1.29, 1.82) is 0 Å². The van der Waals surface area contributed by atoms with Crippen molar-refractivity contribution < 1.29 is 15.0 Å². The van der Waals surface area contributed by atoms with Crippen LogP contribution in [0.2, 0.25) is 0 Å². The van der Waals surface area contributed by atoms with E-state index in [4.69, 9.17) is 5.11 Å². The molecule has 1 atom stereocenters. The van der Waals surface area contributed by atoms with Crippen LogP contribution in [0.3, 0.4) is 0 Å². The van der Waals surface area contributed by atoms with Gasteiger partial charge in [-0.25, -0.2) is 4.79 Å². The Labute approximate surface area is 91.2 Å². The van der Waals surface area contributed by atoms with Gasteiger partial charge in [0.1, 0.15) is 0 Å². The molecule has 0 fully saturated rings. The summed E-state index contributed by atoms with van der Waals surface area (Å²) in [7, 11) is 0. The molecule has 0 aromatic heterocycles. The van der Waals surface area contributed by atoms with Crippen LogP contribution in [0.4, 0.5) is 4.79 Å². The number of carboxylic acid groups (broad SMARTS) is 1. The van der Waals surface area contributed by atoms with Crippen LogP contribution in [0.5, 0.6) is 0 Å². The monoisotopic (exact) mass is 215 g/mol. The van der Waals surface area contributed by atoms with E-state index in [1.165, 1.54) is 4.90 Å². The Morgan fingerprint density at radius 3 is 2.27 bits per heavy atom. The van der Waals surface area contributed by atoms with E-state index < -0.39 is 11.6 Å². The first kappa shape index (κ1) is 14.0. The second kappa shape index (κ2) is 5.75. The standard InChI is InChI=1S/C11H21NO3/c1-5-6-7-9(8-13)12(10(14)15)11(2,3)4/h5-6,9,13H,7-8H2,1-4H3,(H,14,15)/b6-5+/t9-/m0/s1. The van der Waals surface area contributed by atoms with Crippen molar-refractivity contribution >= 4 is 6.09 Å². The van der Waals surface area contributed by atoms with E-state index in [2.05, 4.69) is 0 Å². The van der Waals surface area contributed by atoms with E-state index in [-0.39, 0.29) is 12.6 Å². The van der Waals surface area contributed by atoms with Gasteiger partial charge in [-0.05, 0) is 34.1 Å². The summed E-state index contributed by atoms with van der Waals surface area (Å²) in [4.78, 5) is 12.4. The quantitative estimate of drug-likeness (QED) is 0.706. The van der Waals surface area contributed by atoms with Crippen LogP contribution in [-0.4, -0.2) is 39.4 Å². The molecular formula is C11H21NO3. The summed E-state index contributed by atoms with van der Waals surface area (Å²) in [5, 5.41) is 18.3. The Morgan fingerprint density at radius 1 is 1.47 bits per heavy atom. The molecule has 0 unspecified atom stereocenters. The zero-order valence-electron chi connectivity index (χ0n) is 9.90. The van der Waals surface area contributed by atoms with Gasteiger partial charge in [0.2, 0.25) is 0 Å². The minimum absolute atomic E-state index is 0.159. The van der Waals surface area contributed by atoms with Crippen LogP contribution in [0.1, 0.15) is 34.1 Å². The predicted octanol–water partition coefficient (Wildman–Crippen LogP) is 2.09. The molecule has 2 N–H and O–H groups in total. The smallest absolute Gasteiger partial charge is 0.408 e. The van der Waals surface area contributed by atoms with Crippen molar-refractivity contribution in [3.8, 4) is 0 Å². The number of allylic oxidation sites excluding steroid dienone is 1. The van der Waals surface area contributed by atoms with Crippen molar-refractivity contribution in [1.82, 2.24) is 4.90 Å². The normalized spacial score (nSPS) is 14.2. The van der Waals surface area contributed by atoms with Gasteiger partial charge in [0.05, 0.1) is 12.6 Å². The molecule has 0 saturated carbocycles. The Morgan fingerprint density at radius 2 is 2.00 bits per heavy atom. The van der Waals surface area contributed by atoms with E-state index >= 15 is 0 Å². The summed E-state index contributed by atoms with van der Waals surface area (Å²) in [6.45, 7) is 7.17. The average molecular weight is 215 g/mol. The highest BCUT2D eigenvalue weighted by Crippen LogP contribution is 2.19. The molecule has 0 spiro atoms. The molecule has 0 aromatic carbocycles. The molecule has 0 saturated heterocycles. The summed E-state index contributed by atoms with van der Waals surface area (Å²) in [6, 6.07) is -0.376. The highest BCUT2D eigenvalue weighted by molar-refractivity contribution is 5.66. The molecule has 0 aliphatic carbocycles. The van der Waals surface area contributed by atoms with Gasteiger partial charge in [-0.15, -0.1) is 0 Å². The van der Waals surface area contributed by atoms with Gasteiger partial charge >= 0.3 is 6.09 Å². The molecule has 0 aromatic rings.